The van der Waals surface area contributed by atoms with Gasteiger partial charge in [-0.05, 0) is 39.9 Å². The van der Waals surface area contributed by atoms with Crippen molar-refractivity contribution >= 4 is 23.3 Å². The summed E-state index contributed by atoms with van der Waals surface area (Å²) in [5.41, 5.74) is 13.2. The van der Waals surface area contributed by atoms with Crippen LogP contribution in [-0.2, 0) is 17.1 Å². The maximum atomic E-state index is 16.0. The SMILES string of the molecule is Nc1nc(OC(F)(c2ccccc2-c2ccsc2)C(F)F)cc(-c2ccc(C[C@H](N)C(=O)O)cc2)n1. The first-order chi connectivity index (χ1) is 17.2. The van der Waals surface area contributed by atoms with E-state index < -0.39 is 30.2 Å². The van der Waals surface area contributed by atoms with Gasteiger partial charge in [0.1, 0.15) is 6.04 Å². The van der Waals surface area contributed by atoms with E-state index >= 15 is 4.39 Å². The molecule has 2 heterocycles. The van der Waals surface area contributed by atoms with Crippen LogP contribution in [0.2, 0.25) is 0 Å². The third-order valence-corrected chi connectivity index (χ3v) is 6.09. The highest BCUT2D eigenvalue weighted by atomic mass is 32.1. The van der Waals surface area contributed by atoms with Gasteiger partial charge in [0.05, 0.1) is 5.69 Å². The lowest BCUT2D eigenvalue weighted by atomic mass is 9.96. The zero-order valence-corrected chi connectivity index (χ0v) is 19.5. The zero-order chi connectivity index (χ0) is 25.9. The Morgan fingerprint density at radius 1 is 1.08 bits per heavy atom. The third-order valence-electron chi connectivity index (χ3n) is 5.40. The molecule has 0 aliphatic rings. The lowest BCUT2D eigenvalue weighted by Crippen LogP contribution is -2.37. The number of alkyl halides is 3. The number of aromatic nitrogens is 2. The number of halogens is 3. The van der Waals surface area contributed by atoms with Crippen LogP contribution in [0.1, 0.15) is 11.1 Å². The summed E-state index contributed by atoms with van der Waals surface area (Å²) in [7, 11) is 0. The number of carboxylic acid groups (broad SMARTS) is 1. The first-order valence-electron chi connectivity index (χ1n) is 10.7. The van der Waals surface area contributed by atoms with Gasteiger partial charge in [0.25, 0.3) is 0 Å². The summed E-state index contributed by atoms with van der Waals surface area (Å²) < 4.78 is 49.5. The van der Waals surface area contributed by atoms with Crippen LogP contribution >= 0.6 is 11.3 Å². The number of aliphatic carboxylic acids is 1. The number of hydrogen-bond donors (Lipinski definition) is 3. The van der Waals surface area contributed by atoms with Gasteiger partial charge >= 0.3 is 18.2 Å². The number of benzene rings is 2. The molecule has 36 heavy (non-hydrogen) atoms. The first-order valence-corrected chi connectivity index (χ1v) is 11.6. The fourth-order valence-electron chi connectivity index (χ4n) is 3.61. The highest BCUT2D eigenvalue weighted by Gasteiger charge is 2.47. The van der Waals surface area contributed by atoms with Crippen LogP contribution in [0.3, 0.4) is 0 Å². The minimum atomic E-state index is -3.55. The lowest BCUT2D eigenvalue weighted by molar-refractivity contribution is -0.175. The Balaban J connectivity index is 1.67. The summed E-state index contributed by atoms with van der Waals surface area (Å²) >= 11 is 1.35. The first kappa shape index (κ1) is 25.1. The maximum Gasteiger partial charge on any atom is 0.336 e. The van der Waals surface area contributed by atoms with E-state index in [4.69, 9.17) is 21.3 Å². The topological polar surface area (TPSA) is 124 Å². The van der Waals surface area contributed by atoms with Crippen LogP contribution < -0.4 is 16.2 Å². The van der Waals surface area contributed by atoms with Crippen molar-refractivity contribution in [1.82, 2.24) is 9.97 Å². The van der Waals surface area contributed by atoms with Gasteiger partial charge in [0.15, 0.2) is 0 Å². The molecule has 2 atom stereocenters. The Labute approximate surface area is 208 Å². The Hall–Kier alpha value is -3.96. The smallest absolute Gasteiger partial charge is 0.336 e. The Morgan fingerprint density at radius 3 is 2.44 bits per heavy atom. The Morgan fingerprint density at radius 2 is 1.81 bits per heavy atom. The molecule has 0 saturated carbocycles. The number of thiophene rings is 1. The number of rotatable bonds is 9. The lowest BCUT2D eigenvalue weighted by Gasteiger charge is -2.27. The predicted molar refractivity (Wildman–Crippen MR) is 130 cm³/mol. The predicted octanol–water partition coefficient (Wildman–Crippen LogP) is 4.88. The van der Waals surface area contributed by atoms with Gasteiger partial charge < -0.3 is 21.3 Å². The molecule has 7 nitrogen and oxygen atoms in total. The van der Waals surface area contributed by atoms with Crippen LogP contribution in [0.15, 0.2) is 71.4 Å². The molecule has 11 heteroatoms. The number of nitrogens with zero attached hydrogens (tertiary/aromatic N) is 2. The quantitative estimate of drug-likeness (QED) is 0.291. The van der Waals surface area contributed by atoms with Crippen LogP contribution in [0.5, 0.6) is 5.88 Å². The number of anilines is 1. The van der Waals surface area contributed by atoms with E-state index in [1.165, 1.54) is 35.6 Å². The summed E-state index contributed by atoms with van der Waals surface area (Å²) in [6, 6.07) is 14.2. The van der Waals surface area contributed by atoms with E-state index in [0.717, 1.165) is 0 Å². The molecule has 0 saturated heterocycles. The number of carboxylic acids is 1. The minimum absolute atomic E-state index is 0.109. The van der Waals surface area contributed by atoms with E-state index in [9.17, 15) is 13.6 Å². The molecule has 0 spiro atoms. The second kappa shape index (κ2) is 10.3. The highest BCUT2D eigenvalue weighted by Crippen LogP contribution is 2.41. The van der Waals surface area contributed by atoms with E-state index in [0.29, 0.717) is 16.7 Å². The van der Waals surface area contributed by atoms with Gasteiger partial charge in [-0.25, -0.2) is 13.8 Å². The number of ether oxygens (including phenoxy) is 1. The van der Waals surface area contributed by atoms with Crippen molar-refractivity contribution in [3.8, 4) is 28.3 Å². The standard InChI is InChI=1S/C25H21F3N4O3S/c26-23(27)25(28,18-4-2-1-3-17(18)16-9-10-36-13-16)35-21-12-20(31-24(30)32-21)15-7-5-14(6-8-15)11-19(29)22(33)34/h1-10,12-13,19,23H,11,29H2,(H,33,34)(H2,30,31,32)/t19-,25?/m0/s1. The van der Waals surface area contributed by atoms with E-state index in [1.807, 2.05) is 0 Å². The Kier molecular flexibility index (Phi) is 7.22. The highest BCUT2D eigenvalue weighted by molar-refractivity contribution is 7.08. The molecule has 0 fully saturated rings. The van der Waals surface area contributed by atoms with Crippen LogP contribution in [0.4, 0.5) is 19.1 Å². The van der Waals surface area contributed by atoms with Crippen molar-refractivity contribution in [2.75, 3.05) is 5.73 Å². The van der Waals surface area contributed by atoms with Crippen LogP contribution in [0.25, 0.3) is 22.4 Å². The fourth-order valence-corrected chi connectivity index (χ4v) is 4.27. The second-order valence-electron chi connectivity index (χ2n) is 7.90. The van der Waals surface area contributed by atoms with Gasteiger partial charge in [0.2, 0.25) is 11.8 Å². The van der Waals surface area contributed by atoms with Gasteiger partial charge in [-0.1, -0.05) is 48.5 Å². The summed E-state index contributed by atoms with van der Waals surface area (Å²) in [6.07, 6.45) is -3.44. The van der Waals surface area contributed by atoms with Gasteiger partial charge in [-0.15, -0.1) is 0 Å². The van der Waals surface area contributed by atoms with Crippen molar-refractivity contribution in [3.05, 3.63) is 82.6 Å². The monoisotopic (exact) mass is 514 g/mol. The van der Waals surface area contributed by atoms with Crippen molar-refractivity contribution in [3.63, 3.8) is 0 Å². The van der Waals surface area contributed by atoms with Gasteiger partial charge in [-0.2, -0.15) is 20.7 Å². The van der Waals surface area contributed by atoms with E-state index in [-0.39, 0.29) is 29.2 Å². The zero-order valence-electron chi connectivity index (χ0n) is 18.6. The molecule has 4 rings (SSSR count). The number of nitrogen functional groups attached to an aromatic ring is 1. The summed E-state index contributed by atoms with van der Waals surface area (Å²) in [4.78, 5) is 18.9. The van der Waals surface area contributed by atoms with Crippen molar-refractivity contribution in [1.29, 1.82) is 0 Å². The minimum Gasteiger partial charge on any atom is -0.480 e. The molecule has 0 radical (unpaired) electrons. The molecular formula is C25H21F3N4O3S. The molecular weight excluding hydrogens is 493 g/mol. The Bertz CT molecular complexity index is 1350. The molecule has 2 aromatic carbocycles. The van der Waals surface area contributed by atoms with Gasteiger partial charge in [0, 0.05) is 17.2 Å². The van der Waals surface area contributed by atoms with E-state index in [1.54, 1.807) is 47.2 Å². The second-order valence-corrected chi connectivity index (χ2v) is 8.68. The van der Waals surface area contributed by atoms with E-state index in [2.05, 4.69) is 9.97 Å². The van der Waals surface area contributed by atoms with Crippen LogP contribution in [0, 0.1) is 0 Å². The third kappa shape index (κ3) is 5.31. The fraction of sp³-hybridized carbons (Fsp3) is 0.160. The van der Waals surface area contributed by atoms with Crippen molar-refractivity contribution < 1.29 is 27.8 Å². The molecule has 4 aromatic rings. The van der Waals surface area contributed by atoms with Gasteiger partial charge in [-0.3, -0.25) is 4.79 Å². The van der Waals surface area contributed by atoms with Crippen molar-refractivity contribution in [2.24, 2.45) is 5.73 Å². The molecule has 2 aromatic heterocycles. The normalized spacial score (nSPS) is 13.8. The molecule has 0 amide bonds. The molecule has 0 aliphatic heterocycles. The average molecular weight is 515 g/mol. The number of nitrogens with two attached hydrogens (primary N) is 2. The number of hydrogen-bond acceptors (Lipinski definition) is 7. The molecule has 186 valence electrons. The maximum absolute atomic E-state index is 16.0. The average Bonchev–Trinajstić information content (AvgIpc) is 3.39. The summed E-state index contributed by atoms with van der Waals surface area (Å²) in [6.45, 7) is 0. The molecule has 0 aliphatic carbocycles. The summed E-state index contributed by atoms with van der Waals surface area (Å²) in [5, 5.41) is 12.4. The molecule has 1 unspecified atom stereocenters. The van der Waals surface area contributed by atoms with Crippen molar-refractivity contribution in [2.45, 2.75) is 24.7 Å². The summed E-state index contributed by atoms with van der Waals surface area (Å²) in [5.74, 6) is -5.42. The molecule has 5 N–H and O–H groups in total. The van der Waals surface area contributed by atoms with Crippen LogP contribution in [-0.4, -0.2) is 33.5 Å². The molecule has 0 bridgehead atoms. The largest absolute Gasteiger partial charge is 0.480 e. The number of carbonyl (C=O) groups is 1.